The number of hydrogen-bond donors (Lipinski definition) is 3. The molecule has 3 aliphatic rings. The highest BCUT2D eigenvalue weighted by Gasteiger charge is 2.31. The lowest BCUT2D eigenvalue weighted by Crippen LogP contribution is -2.51. The molecule has 0 unspecified atom stereocenters. The Kier molecular flexibility index (Phi) is 7.70. The third-order valence-corrected chi connectivity index (χ3v) is 7.28. The average Bonchev–Trinajstić information content (AvgIpc) is 2.72. The SMILES string of the molecule is CN=C(NCC1(O)CCCCC1)NC1CCC(C(=O)N2CCSCC2)CC1. The maximum absolute atomic E-state index is 12.7. The van der Waals surface area contributed by atoms with Crippen molar-refractivity contribution in [1.82, 2.24) is 15.5 Å². The second-order valence-electron chi connectivity index (χ2n) is 8.34. The monoisotopic (exact) mass is 396 g/mol. The number of carbonyl (C=O) groups excluding carboxylic acids is 1. The Bertz CT molecular complexity index is 508. The predicted octanol–water partition coefficient (Wildman–Crippen LogP) is 1.98. The Balaban J connectivity index is 1.40. The van der Waals surface area contributed by atoms with E-state index in [-0.39, 0.29) is 5.92 Å². The van der Waals surface area contributed by atoms with Crippen molar-refractivity contribution in [2.75, 3.05) is 38.2 Å². The quantitative estimate of drug-likeness (QED) is 0.500. The third kappa shape index (κ3) is 6.01. The fourth-order valence-corrected chi connectivity index (χ4v) is 5.45. The molecule has 6 nitrogen and oxygen atoms in total. The van der Waals surface area contributed by atoms with Gasteiger partial charge in [-0.15, -0.1) is 0 Å². The summed E-state index contributed by atoms with van der Waals surface area (Å²) in [5, 5.41) is 17.5. The molecule has 1 heterocycles. The molecular formula is C20H36N4O2S. The number of guanidine groups is 1. The summed E-state index contributed by atoms with van der Waals surface area (Å²) >= 11 is 1.95. The molecule has 0 bridgehead atoms. The molecule has 0 radical (unpaired) electrons. The van der Waals surface area contributed by atoms with Gasteiger partial charge in [0.15, 0.2) is 5.96 Å². The van der Waals surface area contributed by atoms with Gasteiger partial charge in [-0.2, -0.15) is 11.8 Å². The number of aliphatic imine (C=N–C) groups is 1. The van der Waals surface area contributed by atoms with Crippen molar-refractivity contribution in [3.63, 3.8) is 0 Å². The van der Waals surface area contributed by atoms with Gasteiger partial charge in [-0.05, 0) is 38.5 Å². The molecule has 1 saturated heterocycles. The first-order valence-corrected chi connectivity index (χ1v) is 11.8. The van der Waals surface area contributed by atoms with E-state index in [0.717, 1.165) is 81.9 Å². The molecule has 1 aliphatic heterocycles. The Morgan fingerprint density at radius 2 is 1.81 bits per heavy atom. The first kappa shape index (κ1) is 20.8. The second-order valence-corrected chi connectivity index (χ2v) is 9.57. The lowest BCUT2D eigenvalue weighted by Gasteiger charge is -2.35. The van der Waals surface area contributed by atoms with E-state index in [1.54, 1.807) is 7.05 Å². The van der Waals surface area contributed by atoms with Crippen molar-refractivity contribution < 1.29 is 9.90 Å². The largest absolute Gasteiger partial charge is 0.388 e. The fourth-order valence-electron chi connectivity index (χ4n) is 4.55. The molecular weight excluding hydrogens is 360 g/mol. The van der Waals surface area contributed by atoms with Crippen LogP contribution >= 0.6 is 11.8 Å². The lowest BCUT2D eigenvalue weighted by molar-refractivity contribution is -0.136. The van der Waals surface area contributed by atoms with E-state index >= 15 is 0 Å². The number of nitrogens with zero attached hydrogens (tertiary/aromatic N) is 2. The summed E-state index contributed by atoms with van der Waals surface area (Å²) in [5.41, 5.74) is -0.591. The molecule has 0 aromatic heterocycles. The smallest absolute Gasteiger partial charge is 0.225 e. The molecule has 0 spiro atoms. The number of rotatable bonds is 4. The van der Waals surface area contributed by atoms with Crippen molar-refractivity contribution in [3.05, 3.63) is 0 Å². The van der Waals surface area contributed by atoms with E-state index in [2.05, 4.69) is 20.5 Å². The number of hydrogen-bond acceptors (Lipinski definition) is 4. The number of aliphatic hydroxyl groups is 1. The first-order valence-electron chi connectivity index (χ1n) is 10.7. The summed E-state index contributed by atoms with van der Waals surface area (Å²) in [6, 6.07) is 0.359. The number of carbonyl (C=O) groups is 1. The molecule has 1 amide bonds. The highest BCUT2D eigenvalue weighted by molar-refractivity contribution is 7.99. The molecule has 2 aliphatic carbocycles. The average molecular weight is 397 g/mol. The van der Waals surface area contributed by atoms with Crippen LogP contribution in [0.15, 0.2) is 4.99 Å². The van der Waals surface area contributed by atoms with E-state index in [4.69, 9.17) is 0 Å². The zero-order valence-electron chi connectivity index (χ0n) is 16.7. The number of amides is 1. The van der Waals surface area contributed by atoms with Crippen molar-refractivity contribution >= 4 is 23.6 Å². The van der Waals surface area contributed by atoms with E-state index < -0.39 is 5.60 Å². The summed E-state index contributed by atoms with van der Waals surface area (Å²) < 4.78 is 0. The number of nitrogens with one attached hydrogen (secondary N) is 2. The normalized spacial score (nSPS) is 29.3. The van der Waals surface area contributed by atoms with Gasteiger partial charge < -0.3 is 20.6 Å². The molecule has 3 fully saturated rings. The fraction of sp³-hybridized carbons (Fsp3) is 0.900. The molecule has 0 aromatic rings. The van der Waals surface area contributed by atoms with Gasteiger partial charge in [0, 0.05) is 50.1 Å². The molecule has 27 heavy (non-hydrogen) atoms. The summed E-state index contributed by atoms with van der Waals surface area (Å²) in [7, 11) is 1.78. The van der Waals surface area contributed by atoms with Crippen LogP contribution in [0.5, 0.6) is 0 Å². The maximum atomic E-state index is 12.7. The van der Waals surface area contributed by atoms with Crippen LogP contribution in [0.25, 0.3) is 0 Å². The zero-order valence-corrected chi connectivity index (χ0v) is 17.5. The van der Waals surface area contributed by atoms with Gasteiger partial charge in [0.1, 0.15) is 0 Å². The van der Waals surface area contributed by atoms with Gasteiger partial charge in [0.05, 0.1) is 5.60 Å². The van der Waals surface area contributed by atoms with Crippen LogP contribution in [0.2, 0.25) is 0 Å². The second kappa shape index (κ2) is 10.0. The Morgan fingerprint density at radius 1 is 1.15 bits per heavy atom. The minimum Gasteiger partial charge on any atom is -0.388 e. The van der Waals surface area contributed by atoms with Gasteiger partial charge in [0.2, 0.25) is 5.91 Å². The molecule has 0 atom stereocenters. The van der Waals surface area contributed by atoms with Gasteiger partial charge in [-0.3, -0.25) is 9.79 Å². The molecule has 7 heteroatoms. The minimum absolute atomic E-state index is 0.198. The molecule has 3 rings (SSSR count). The summed E-state index contributed by atoms with van der Waals surface area (Å²) in [6.07, 6.45) is 9.12. The summed E-state index contributed by atoms with van der Waals surface area (Å²) in [6.45, 7) is 2.40. The Labute approximate surface area is 167 Å². The Hall–Kier alpha value is -0.950. The van der Waals surface area contributed by atoms with E-state index in [1.165, 1.54) is 6.42 Å². The van der Waals surface area contributed by atoms with E-state index in [9.17, 15) is 9.90 Å². The van der Waals surface area contributed by atoms with Crippen molar-refractivity contribution in [2.45, 2.75) is 69.4 Å². The van der Waals surface area contributed by atoms with Gasteiger partial charge in [-0.1, -0.05) is 19.3 Å². The lowest BCUT2D eigenvalue weighted by atomic mass is 9.84. The van der Waals surface area contributed by atoms with Crippen molar-refractivity contribution in [3.8, 4) is 0 Å². The van der Waals surface area contributed by atoms with Crippen LogP contribution in [0.1, 0.15) is 57.8 Å². The van der Waals surface area contributed by atoms with Crippen LogP contribution in [0.3, 0.4) is 0 Å². The van der Waals surface area contributed by atoms with Crippen LogP contribution in [-0.4, -0.2) is 71.7 Å². The summed E-state index contributed by atoms with van der Waals surface area (Å²) in [5.74, 6) is 3.50. The van der Waals surface area contributed by atoms with Gasteiger partial charge in [-0.25, -0.2) is 0 Å². The number of thioether (sulfide) groups is 1. The molecule has 2 saturated carbocycles. The van der Waals surface area contributed by atoms with Gasteiger partial charge >= 0.3 is 0 Å². The standard InChI is InChI=1S/C20H36N4O2S/c1-21-19(22-15-20(26)9-3-2-4-10-20)23-17-7-5-16(6-8-17)18(25)24-11-13-27-14-12-24/h16-17,26H,2-15H2,1H3,(H2,21,22,23). The van der Waals surface area contributed by atoms with Gasteiger partial charge in [0.25, 0.3) is 0 Å². The van der Waals surface area contributed by atoms with Crippen LogP contribution in [-0.2, 0) is 4.79 Å². The zero-order chi connectivity index (χ0) is 19.1. The first-order chi connectivity index (χ1) is 13.1. The highest BCUT2D eigenvalue weighted by Crippen LogP contribution is 2.28. The predicted molar refractivity (Wildman–Crippen MR) is 112 cm³/mol. The Morgan fingerprint density at radius 3 is 2.44 bits per heavy atom. The van der Waals surface area contributed by atoms with Crippen LogP contribution in [0, 0.1) is 5.92 Å². The van der Waals surface area contributed by atoms with Crippen LogP contribution in [0.4, 0.5) is 0 Å². The maximum Gasteiger partial charge on any atom is 0.225 e. The summed E-state index contributed by atoms with van der Waals surface area (Å²) in [4.78, 5) is 19.1. The van der Waals surface area contributed by atoms with Crippen LogP contribution < -0.4 is 10.6 Å². The van der Waals surface area contributed by atoms with E-state index in [1.807, 2.05) is 11.8 Å². The molecule has 3 N–H and O–H groups in total. The molecule has 0 aromatic carbocycles. The highest BCUT2D eigenvalue weighted by atomic mass is 32.2. The minimum atomic E-state index is -0.591. The van der Waals surface area contributed by atoms with Crippen molar-refractivity contribution in [2.24, 2.45) is 10.9 Å². The van der Waals surface area contributed by atoms with E-state index in [0.29, 0.717) is 18.5 Å². The third-order valence-electron chi connectivity index (χ3n) is 6.33. The van der Waals surface area contributed by atoms with Crippen molar-refractivity contribution in [1.29, 1.82) is 0 Å². The molecule has 154 valence electrons. The topological polar surface area (TPSA) is 77.0 Å².